The summed E-state index contributed by atoms with van der Waals surface area (Å²) in [6, 6.07) is 0. The smallest absolute Gasteiger partial charge is 0.221 e. The minimum atomic E-state index is -1.06. The zero-order chi connectivity index (χ0) is 11.7. The van der Waals surface area contributed by atoms with E-state index in [1.54, 1.807) is 0 Å². The van der Waals surface area contributed by atoms with Gasteiger partial charge in [0.2, 0.25) is 5.91 Å². The molecule has 0 bridgehead atoms. The second kappa shape index (κ2) is 4.50. The highest BCUT2D eigenvalue weighted by molar-refractivity contribution is 7.16. The Bertz CT molecular complexity index is 414. The minimum Gasteiger partial charge on any atom is -0.376 e. The van der Waals surface area contributed by atoms with Gasteiger partial charge in [-0.1, -0.05) is 0 Å². The van der Waals surface area contributed by atoms with Crippen LogP contribution in [-0.4, -0.2) is 17.6 Å². The molecular weight excluding hydrogens is 228 g/mol. The van der Waals surface area contributed by atoms with Crippen molar-refractivity contribution in [1.29, 1.82) is 0 Å². The number of hydrogen-bond donors (Lipinski definition) is 3. The zero-order valence-electron chi connectivity index (χ0n) is 8.95. The van der Waals surface area contributed by atoms with E-state index in [0.717, 1.165) is 16.9 Å². The average Bonchev–Trinajstić information content (AvgIpc) is 2.53. The van der Waals surface area contributed by atoms with E-state index >= 15 is 0 Å². The third-order valence-electron chi connectivity index (χ3n) is 2.45. The Labute approximate surface area is 97.2 Å². The molecular formula is C10H14N2O3S. The molecule has 2 rings (SSSR count). The monoisotopic (exact) mass is 242 g/mol. The number of thiophene rings is 1. The van der Waals surface area contributed by atoms with Gasteiger partial charge in [-0.3, -0.25) is 4.79 Å². The number of amides is 1. The summed E-state index contributed by atoms with van der Waals surface area (Å²) in [7, 11) is 0. The first kappa shape index (κ1) is 11.5. The number of anilines is 1. The van der Waals surface area contributed by atoms with Crippen LogP contribution >= 0.6 is 11.3 Å². The van der Waals surface area contributed by atoms with Gasteiger partial charge in [0, 0.05) is 17.4 Å². The van der Waals surface area contributed by atoms with Gasteiger partial charge in [-0.25, -0.2) is 0 Å². The maximum absolute atomic E-state index is 11.0. The third-order valence-corrected chi connectivity index (χ3v) is 3.58. The highest BCUT2D eigenvalue weighted by atomic mass is 32.1. The van der Waals surface area contributed by atoms with Gasteiger partial charge in [0.1, 0.15) is 11.2 Å². The van der Waals surface area contributed by atoms with Crippen LogP contribution < -0.4 is 11.1 Å². The van der Waals surface area contributed by atoms with Gasteiger partial charge in [0.05, 0.1) is 13.2 Å². The van der Waals surface area contributed by atoms with Gasteiger partial charge in [-0.15, -0.1) is 11.3 Å². The van der Waals surface area contributed by atoms with Crippen LogP contribution in [0.2, 0.25) is 0 Å². The Hall–Kier alpha value is -0.950. The van der Waals surface area contributed by atoms with E-state index in [9.17, 15) is 9.90 Å². The van der Waals surface area contributed by atoms with Crippen molar-refractivity contribution in [3.05, 3.63) is 16.0 Å². The van der Waals surface area contributed by atoms with Crippen molar-refractivity contribution in [2.45, 2.75) is 26.2 Å². The molecule has 0 aromatic carbocycles. The lowest BCUT2D eigenvalue weighted by Crippen LogP contribution is -2.16. The molecule has 1 aliphatic rings. The minimum absolute atomic E-state index is 0.165. The van der Waals surface area contributed by atoms with Gasteiger partial charge >= 0.3 is 0 Å². The fourth-order valence-electron chi connectivity index (χ4n) is 1.82. The molecule has 1 aliphatic heterocycles. The maximum atomic E-state index is 11.0. The first-order valence-electron chi connectivity index (χ1n) is 5.03. The summed E-state index contributed by atoms with van der Waals surface area (Å²) in [5.41, 5.74) is 7.19. The number of fused-ring (bicyclic) bond motifs is 1. The van der Waals surface area contributed by atoms with Gasteiger partial charge in [-0.2, -0.15) is 0 Å². The van der Waals surface area contributed by atoms with Crippen LogP contribution in [-0.2, 0) is 22.6 Å². The summed E-state index contributed by atoms with van der Waals surface area (Å²) in [4.78, 5) is 12.1. The molecule has 1 aromatic heterocycles. The summed E-state index contributed by atoms with van der Waals surface area (Å²) in [6.07, 6.45) is -0.324. The van der Waals surface area contributed by atoms with Gasteiger partial charge < -0.3 is 20.9 Å². The summed E-state index contributed by atoms with van der Waals surface area (Å²) in [5.74, 6) is -0.165. The second-order valence-corrected chi connectivity index (χ2v) is 4.78. The number of nitrogens with one attached hydrogen (secondary N) is 1. The second-order valence-electron chi connectivity index (χ2n) is 3.68. The molecule has 16 heavy (non-hydrogen) atoms. The Morgan fingerprint density at radius 2 is 2.44 bits per heavy atom. The van der Waals surface area contributed by atoms with Crippen molar-refractivity contribution in [2.75, 3.05) is 11.9 Å². The number of ether oxygens (including phenoxy) is 1. The number of rotatable bonds is 2. The Morgan fingerprint density at radius 1 is 1.69 bits per heavy atom. The summed E-state index contributed by atoms with van der Waals surface area (Å²) >= 11 is 1.42. The zero-order valence-corrected chi connectivity index (χ0v) is 9.76. The van der Waals surface area contributed by atoms with Crippen molar-refractivity contribution >= 4 is 22.2 Å². The lowest BCUT2D eigenvalue weighted by Gasteiger charge is -2.15. The van der Waals surface area contributed by atoms with E-state index in [1.165, 1.54) is 18.3 Å². The number of hydrogen-bond acceptors (Lipinski definition) is 5. The summed E-state index contributed by atoms with van der Waals surface area (Å²) < 4.78 is 5.32. The van der Waals surface area contributed by atoms with E-state index in [-0.39, 0.29) is 5.91 Å². The Morgan fingerprint density at radius 3 is 3.06 bits per heavy atom. The predicted molar refractivity (Wildman–Crippen MR) is 61.1 cm³/mol. The molecule has 0 radical (unpaired) electrons. The number of nitrogens with two attached hydrogens (primary N) is 1. The van der Waals surface area contributed by atoms with Crippen LogP contribution in [0.15, 0.2) is 0 Å². The van der Waals surface area contributed by atoms with Gasteiger partial charge in [0.25, 0.3) is 0 Å². The van der Waals surface area contributed by atoms with E-state index in [0.29, 0.717) is 23.8 Å². The van der Waals surface area contributed by atoms with Crippen molar-refractivity contribution in [3.63, 3.8) is 0 Å². The van der Waals surface area contributed by atoms with Gasteiger partial charge in [0.15, 0.2) is 0 Å². The van der Waals surface area contributed by atoms with Crippen LogP contribution in [0.4, 0.5) is 5.00 Å². The molecule has 0 saturated carbocycles. The number of aliphatic hydroxyl groups is 1. The van der Waals surface area contributed by atoms with Crippen molar-refractivity contribution in [1.82, 2.24) is 0 Å². The number of carbonyl (C=O) groups excluding carboxylic acids is 1. The largest absolute Gasteiger partial charge is 0.376 e. The summed E-state index contributed by atoms with van der Waals surface area (Å²) in [6.45, 7) is 2.59. The molecule has 5 nitrogen and oxygen atoms in total. The molecule has 0 saturated heterocycles. The van der Waals surface area contributed by atoms with Crippen LogP contribution in [0.25, 0.3) is 0 Å². The van der Waals surface area contributed by atoms with Crippen LogP contribution in [0.1, 0.15) is 29.2 Å². The lowest BCUT2D eigenvalue weighted by atomic mass is 10.0. The fourth-order valence-corrected chi connectivity index (χ4v) is 3.09. The van der Waals surface area contributed by atoms with Crippen LogP contribution in [0.3, 0.4) is 0 Å². The molecule has 0 aliphatic carbocycles. The molecule has 88 valence electrons. The number of carbonyl (C=O) groups is 1. The van der Waals surface area contributed by atoms with Crippen molar-refractivity contribution in [3.8, 4) is 0 Å². The molecule has 1 amide bonds. The first-order valence-corrected chi connectivity index (χ1v) is 5.84. The molecule has 4 N–H and O–H groups in total. The Kier molecular flexibility index (Phi) is 3.25. The van der Waals surface area contributed by atoms with Crippen molar-refractivity contribution in [2.24, 2.45) is 5.73 Å². The Balaban J connectivity index is 2.43. The molecule has 2 heterocycles. The topological polar surface area (TPSA) is 84.6 Å². The fraction of sp³-hybridized carbons (Fsp3) is 0.500. The molecule has 1 unspecified atom stereocenters. The SMILES string of the molecule is CC(=O)Nc1sc2c(c1C(N)O)CCOC2. The first-order chi connectivity index (χ1) is 7.59. The highest BCUT2D eigenvalue weighted by Gasteiger charge is 2.24. The summed E-state index contributed by atoms with van der Waals surface area (Å²) in [5, 5.41) is 12.9. The molecule has 0 fully saturated rings. The van der Waals surface area contributed by atoms with E-state index in [1.807, 2.05) is 0 Å². The van der Waals surface area contributed by atoms with Crippen LogP contribution in [0, 0.1) is 0 Å². The van der Waals surface area contributed by atoms with Crippen LogP contribution in [0.5, 0.6) is 0 Å². The standard InChI is InChI=1S/C10H14N2O3S/c1-5(13)12-10-8(9(11)14)6-2-3-15-4-7(6)16-10/h9,14H,2-4,11H2,1H3,(H,12,13). The number of aliphatic hydroxyl groups excluding tert-OH is 1. The van der Waals surface area contributed by atoms with Crippen molar-refractivity contribution < 1.29 is 14.6 Å². The highest BCUT2D eigenvalue weighted by Crippen LogP contribution is 2.38. The normalized spacial score (nSPS) is 16.7. The molecule has 1 aromatic rings. The maximum Gasteiger partial charge on any atom is 0.221 e. The third kappa shape index (κ3) is 2.10. The van der Waals surface area contributed by atoms with Gasteiger partial charge in [-0.05, 0) is 12.0 Å². The molecule has 1 atom stereocenters. The van der Waals surface area contributed by atoms with E-state index < -0.39 is 6.23 Å². The van der Waals surface area contributed by atoms with E-state index in [4.69, 9.17) is 10.5 Å². The lowest BCUT2D eigenvalue weighted by molar-refractivity contribution is -0.114. The quantitative estimate of drug-likeness (QED) is 0.667. The van der Waals surface area contributed by atoms with E-state index in [2.05, 4.69) is 5.32 Å². The molecule has 6 heteroatoms. The molecule has 0 spiro atoms. The predicted octanol–water partition coefficient (Wildman–Crippen LogP) is 0.729. The average molecular weight is 242 g/mol.